The first-order chi connectivity index (χ1) is 11.7. The number of hydrogen-bond donors (Lipinski definition) is 1. The Labute approximate surface area is 149 Å². The van der Waals surface area contributed by atoms with Crippen molar-refractivity contribution in [3.8, 4) is 10.4 Å². The zero-order chi connectivity index (χ0) is 16.1. The van der Waals surface area contributed by atoms with Crippen LogP contribution in [0.5, 0.6) is 0 Å². The van der Waals surface area contributed by atoms with E-state index in [1.54, 1.807) is 0 Å². The maximum atomic E-state index is 4.04. The van der Waals surface area contributed by atoms with Crippen LogP contribution in [0.15, 0.2) is 35.7 Å². The van der Waals surface area contributed by atoms with E-state index in [0.717, 1.165) is 24.3 Å². The van der Waals surface area contributed by atoms with Crippen molar-refractivity contribution in [3.05, 3.63) is 46.8 Å². The number of thiophene rings is 1. The van der Waals surface area contributed by atoms with E-state index < -0.39 is 0 Å². The lowest BCUT2D eigenvalue weighted by molar-refractivity contribution is -0.0206. The molecule has 0 aliphatic heterocycles. The predicted molar refractivity (Wildman–Crippen MR) is 102 cm³/mol. The Balaban J connectivity index is 1.32. The molecule has 0 amide bonds. The zero-order valence-corrected chi connectivity index (χ0v) is 15.4. The highest BCUT2D eigenvalue weighted by Crippen LogP contribution is 2.55. The molecule has 4 aliphatic rings. The van der Waals surface area contributed by atoms with E-state index in [-0.39, 0.29) is 0 Å². The van der Waals surface area contributed by atoms with Crippen molar-refractivity contribution in [2.75, 3.05) is 0 Å². The molecular formula is C22H27NS. The lowest BCUT2D eigenvalue weighted by Gasteiger charge is -2.57. The van der Waals surface area contributed by atoms with Crippen molar-refractivity contribution in [2.45, 2.75) is 57.5 Å². The lowest BCUT2D eigenvalue weighted by atomic mass is 9.53. The van der Waals surface area contributed by atoms with Gasteiger partial charge in [0.05, 0.1) is 0 Å². The summed E-state index contributed by atoms with van der Waals surface area (Å²) in [5, 5.41) is 6.20. The molecule has 2 aromatic rings. The molecule has 0 atom stereocenters. The summed E-state index contributed by atoms with van der Waals surface area (Å²) in [4.78, 5) is 1.37. The van der Waals surface area contributed by atoms with Crippen LogP contribution in [0.3, 0.4) is 0 Å². The van der Waals surface area contributed by atoms with Gasteiger partial charge in [0.1, 0.15) is 0 Å². The predicted octanol–water partition coefficient (Wildman–Crippen LogP) is 5.78. The van der Waals surface area contributed by atoms with Crippen LogP contribution in [0.4, 0.5) is 0 Å². The van der Waals surface area contributed by atoms with E-state index in [4.69, 9.17) is 0 Å². The van der Waals surface area contributed by atoms with Crippen molar-refractivity contribution in [2.24, 2.45) is 17.8 Å². The Morgan fingerprint density at radius 3 is 2.33 bits per heavy atom. The molecule has 1 nitrogen and oxygen atoms in total. The van der Waals surface area contributed by atoms with Crippen molar-refractivity contribution >= 4 is 11.3 Å². The molecule has 6 rings (SSSR count). The first-order valence-electron chi connectivity index (χ1n) is 9.58. The van der Waals surface area contributed by atoms with E-state index in [1.165, 1.54) is 60.1 Å². The minimum Gasteiger partial charge on any atom is -0.307 e. The van der Waals surface area contributed by atoms with Crippen LogP contribution in [-0.4, -0.2) is 5.54 Å². The molecule has 4 bridgehead atoms. The van der Waals surface area contributed by atoms with Gasteiger partial charge in [-0.2, -0.15) is 0 Å². The molecule has 0 saturated heterocycles. The number of nitrogens with one attached hydrogen (secondary N) is 1. The van der Waals surface area contributed by atoms with Gasteiger partial charge in [0, 0.05) is 17.0 Å². The number of benzene rings is 1. The van der Waals surface area contributed by atoms with Gasteiger partial charge >= 0.3 is 0 Å². The third kappa shape index (κ3) is 2.64. The van der Waals surface area contributed by atoms with Crippen LogP contribution < -0.4 is 5.32 Å². The second-order valence-corrected chi connectivity index (χ2v) is 9.62. The van der Waals surface area contributed by atoms with Crippen molar-refractivity contribution in [1.82, 2.24) is 5.32 Å². The largest absolute Gasteiger partial charge is 0.307 e. The summed E-state index contributed by atoms with van der Waals surface area (Å²) in [6.45, 7) is 3.32. The molecule has 1 aromatic heterocycles. The van der Waals surface area contributed by atoms with E-state index in [1.807, 2.05) is 11.3 Å². The fourth-order valence-electron chi connectivity index (χ4n) is 6.10. The molecule has 0 radical (unpaired) electrons. The third-order valence-corrected chi connectivity index (χ3v) is 7.76. The standard InChI is InChI=1S/C22H27NS/c1-15-7-19(21-3-2-6-24-21)4-5-20(15)14-23-22-11-16-8-17(12-22)10-18(9-16)13-22/h2-7,16-18,23H,8-14H2,1H3. The molecule has 0 spiro atoms. The molecule has 4 aliphatic carbocycles. The highest BCUT2D eigenvalue weighted by atomic mass is 32.1. The van der Waals surface area contributed by atoms with Crippen molar-refractivity contribution in [1.29, 1.82) is 0 Å². The van der Waals surface area contributed by atoms with Gasteiger partial charge in [0.25, 0.3) is 0 Å². The topological polar surface area (TPSA) is 12.0 Å². The molecule has 1 aromatic carbocycles. The number of aryl methyl sites for hydroxylation is 1. The van der Waals surface area contributed by atoms with Crippen LogP contribution in [0.25, 0.3) is 10.4 Å². The van der Waals surface area contributed by atoms with Crippen LogP contribution in [0.1, 0.15) is 49.7 Å². The Kier molecular flexibility index (Phi) is 3.61. The first-order valence-corrected chi connectivity index (χ1v) is 10.5. The number of hydrogen-bond acceptors (Lipinski definition) is 2. The maximum absolute atomic E-state index is 4.04. The summed E-state index contributed by atoms with van der Waals surface area (Å²) < 4.78 is 0. The lowest BCUT2D eigenvalue weighted by Crippen LogP contribution is -2.58. The van der Waals surface area contributed by atoms with Gasteiger partial charge in [-0.1, -0.05) is 24.3 Å². The Hall–Kier alpha value is -1.12. The van der Waals surface area contributed by atoms with E-state index in [2.05, 4.69) is 48.0 Å². The Morgan fingerprint density at radius 1 is 1.04 bits per heavy atom. The van der Waals surface area contributed by atoms with E-state index in [0.29, 0.717) is 5.54 Å². The molecular weight excluding hydrogens is 310 g/mol. The zero-order valence-electron chi connectivity index (χ0n) is 14.6. The SMILES string of the molecule is Cc1cc(-c2cccs2)ccc1CNC12CC3CC(CC(C3)C1)C2. The second kappa shape index (κ2) is 5.71. The van der Waals surface area contributed by atoms with Crippen molar-refractivity contribution in [3.63, 3.8) is 0 Å². The molecule has 1 heterocycles. The molecule has 0 unspecified atom stereocenters. The minimum absolute atomic E-state index is 0.466. The van der Waals surface area contributed by atoms with E-state index in [9.17, 15) is 0 Å². The van der Waals surface area contributed by atoms with Crippen LogP contribution in [0, 0.1) is 24.7 Å². The van der Waals surface area contributed by atoms with Gasteiger partial charge < -0.3 is 5.32 Å². The monoisotopic (exact) mass is 337 g/mol. The highest BCUT2D eigenvalue weighted by Gasteiger charge is 2.50. The van der Waals surface area contributed by atoms with Crippen LogP contribution in [-0.2, 0) is 6.54 Å². The summed E-state index contributed by atoms with van der Waals surface area (Å²) in [6, 6.07) is 11.4. The normalized spacial score (nSPS) is 34.0. The maximum Gasteiger partial charge on any atom is 0.0342 e. The van der Waals surface area contributed by atoms with Gasteiger partial charge in [-0.15, -0.1) is 11.3 Å². The van der Waals surface area contributed by atoms with Gasteiger partial charge in [-0.05, 0) is 91.3 Å². The summed E-state index contributed by atoms with van der Waals surface area (Å²) in [6.07, 6.45) is 8.88. The summed E-state index contributed by atoms with van der Waals surface area (Å²) in [5.41, 5.74) is 4.73. The minimum atomic E-state index is 0.466. The molecule has 24 heavy (non-hydrogen) atoms. The smallest absolute Gasteiger partial charge is 0.0342 e. The van der Waals surface area contributed by atoms with Gasteiger partial charge in [-0.25, -0.2) is 0 Å². The third-order valence-electron chi connectivity index (χ3n) is 6.84. The molecule has 4 saturated carbocycles. The van der Waals surface area contributed by atoms with Gasteiger partial charge in [0.15, 0.2) is 0 Å². The fraction of sp³-hybridized carbons (Fsp3) is 0.545. The summed E-state index contributed by atoms with van der Waals surface area (Å²) >= 11 is 1.83. The average Bonchev–Trinajstić information content (AvgIpc) is 3.07. The van der Waals surface area contributed by atoms with Crippen molar-refractivity contribution < 1.29 is 0 Å². The quantitative estimate of drug-likeness (QED) is 0.745. The number of rotatable bonds is 4. The van der Waals surface area contributed by atoms with Crippen LogP contribution >= 0.6 is 11.3 Å². The first kappa shape index (κ1) is 15.2. The Bertz CT molecular complexity index is 695. The molecule has 2 heteroatoms. The second-order valence-electron chi connectivity index (χ2n) is 8.67. The molecule has 126 valence electrons. The summed E-state index contributed by atoms with van der Waals surface area (Å²) in [7, 11) is 0. The van der Waals surface area contributed by atoms with E-state index >= 15 is 0 Å². The molecule has 1 N–H and O–H groups in total. The summed E-state index contributed by atoms with van der Waals surface area (Å²) in [5.74, 6) is 3.06. The molecule has 4 fully saturated rings. The average molecular weight is 338 g/mol. The Morgan fingerprint density at radius 2 is 1.75 bits per heavy atom. The highest BCUT2D eigenvalue weighted by molar-refractivity contribution is 7.13. The van der Waals surface area contributed by atoms with Gasteiger partial charge in [-0.3, -0.25) is 0 Å². The van der Waals surface area contributed by atoms with Crippen LogP contribution in [0.2, 0.25) is 0 Å². The fourth-order valence-corrected chi connectivity index (χ4v) is 6.82. The van der Waals surface area contributed by atoms with Gasteiger partial charge in [0.2, 0.25) is 0 Å².